The fourth-order valence-electron chi connectivity index (χ4n) is 1.78. The second kappa shape index (κ2) is 6.85. The lowest BCUT2D eigenvalue weighted by Crippen LogP contribution is -2.42. The fourth-order valence-corrected chi connectivity index (χ4v) is 2.60. The number of hydrogen-bond donors (Lipinski definition) is 2. The summed E-state index contributed by atoms with van der Waals surface area (Å²) >= 11 is 1.59. The van der Waals surface area contributed by atoms with Crippen molar-refractivity contribution in [2.24, 2.45) is 0 Å². The minimum absolute atomic E-state index is 0.108. The second-order valence-electron chi connectivity index (χ2n) is 4.09. The maximum absolute atomic E-state index is 11.6. The second-order valence-corrected chi connectivity index (χ2v) is 5.07. The Labute approximate surface area is 120 Å². The highest BCUT2D eigenvalue weighted by Gasteiger charge is 2.18. The van der Waals surface area contributed by atoms with Crippen LogP contribution in [-0.4, -0.2) is 34.7 Å². The Morgan fingerprint density at radius 3 is 2.75 bits per heavy atom. The van der Waals surface area contributed by atoms with Crippen molar-refractivity contribution in [3.05, 3.63) is 40.8 Å². The standard InChI is InChI=1S/C13H16N4O2S/c1-2-14-12(18)13(19)15-9-10(11-5-3-8-20-11)17-7-4-6-16-17/h3-8,10H,2,9H2,1H3,(H,14,18)(H,15,19). The van der Waals surface area contributed by atoms with Crippen LogP contribution in [0, 0.1) is 0 Å². The summed E-state index contributed by atoms with van der Waals surface area (Å²) in [6.07, 6.45) is 3.52. The molecular weight excluding hydrogens is 276 g/mol. The van der Waals surface area contributed by atoms with Gasteiger partial charge in [-0.15, -0.1) is 11.3 Å². The number of carbonyl (C=O) groups excluding carboxylic acids is 2. The van der Waals surface area contributed by atoms with Crippen LogP contribution in [0.3, 0.4) is 0 Å². The summed E-state index contributed by atoms with van der Waals surface area (Å²) < 4.78 is 1.77. The molecule has 6 nitrogen and oxygen atoms in total. The fraction of sp³-hybridized carbons (Fsp3) is 0.308. The molecule has 1 unspecified atom stereocenters. The summed E-state index contributed by atoms with van der Waals surface area (Å²) in [5.41, 5.74) is 0. The maximum atomic E-state index is 11.6. The van der Waals surface area contributed by atoms with Gasteiger partial charge in [-0.05, 0) is 24.4 Å². The van der Waals surface area contributed by atoms with Crippen molar-refractivity contribution in [2.75, 3.05) is 13.1 Å². The SMILES string of the molecule is CCNC(=O)C(=O)NCC(c1cccs1)n1cccn1. The molecule has 0 aliphatic heterocycles. The molecule has 0 aliphatic carbocycles. The summed E-state index contributed by atoms with van der Waals surface area (Å²) in [5.74, 6) is -1.24. The third-order valence-electron chi connectivity index (χ3n) is 2.72. The highest BCUT2D eigenvalue weighted by atomic mass is 32.1. The van der Waals surface area contributed by atoms with Crippen molar-refractivity contribution in [3.63, 3.8) is 0 Å². The van der Waals surface area contributed by atoms with E-state index < -0.39 is 11.8 Å². The summed E-state index contributed by atoms with van der Waals surface area (Å²) in [6.45, 7) is 2.52. The Hall–Kier alpha value is -2.15. The van der Waals surface area contributed by atoms with E-state index in [4.69, 9.17) is 0 Å². The van der Waals surface area contributed by atoms with Crippen LogP contribution in [0.4, 0.5) is 0 Å². The van der Waals surface area contributed by atoms with E-state index in [1.807, 2.05) is 29.8 Å². The molecule has 2 aromatic rings. The zero-order valence-corrected chi connectivity index (χ0v) is 11.9. The van der Waals surface area contributed by atoms with Gasteiger partial charge in [-0.1, -0.05) is 6.07 Å². The Morgan fingerprint density at radius 1 is 1.35 bits per heavy atom. The van der Waals surface area contributed by atoms with Gasteiger partial charge in [0, 0.05) is 30.4 Å². The van der Waals surface area contributed by atoms with Crippen molar-refractivity contribution in [3.8, 4) is 0 Å². The summed E-state index contributed by atoms with van der Waals surface area (Å²) in [4.78, 5) is 24.1. The van der Waals surface area contributed by atoms with Crippen LogP contribution < -0.4 is 10.6 Å². The van der Waals surface area contributed by atoms with E-state index in [-0.39, 0.29) is 6.04 Å². The highest BCUT2D eigenvalue weighted by Crippen LogP contribution is 2.21. The van der Waals surface area contributed by atoms with Crippen molar-refractivity contribution in [1.29, 1.82) is 0 Å². The molecule has 0 radical (unpaired) electrons. The van der Waals surface area contributed by atoms with Crippen LogP contribution in [0.1, 0.15) is 17.8 Å². The molecule has 2 N–H and O–H groups in total. The monoisotopic (exact) mass is 292 g/mol. The van der Waals surface area contributed by atoms with Gasteiger partial charge in [0.15, 0.2) is 0 Å². The van der Waals surface area contributed by atoms with Gasteiger partial charge in [0.1, 0.15) is 6.04 Å². The first-order valence-corrected chi connectivity index (χ1v) is 7.19. The largest absolute Gasteiger partial charge is 0.348 e. The molecule has 0 bridgehead atoms. The van der Waals surface area contributed by atoms with Crippen LogP contribution in [0.15, 0.2) is 36.0 Å². The number of nitrogens with zero attached hydrogens (tertiary/aromatic N) is 2. The van der Waals surface area contributed by atoms with Gasteiger partial charge >= 0.3 is 11.8 Å². The van der Waals surface area contributed by atoms with E-state index in [0.717, 1.165) is 4.88 Å². The number of aromatic nitrogens is 2. The Morgan fingerprint density at radius 2 is 2.15 bits per heavy atom. The highest BCUT2D eigenvalue weighted by molar-refractivity contribution is 7.10. The molecule has 2 rings (SSSR count). The van der Waals surface area contributed by atoms with Crippen molar-refractivity contribution >= 4 is 23.2 Å². The Balaban J connectivity index is 2.03. The van der Waals surface area contributed by atoms with Gasteiger partial charge < -0.3 is 10.6 Å². The third kappa shape index (κ3) is 3.45. The molecule has 0 aliphatic rings. The van der Waals surface area contributed by atoms with Crippen LogP contribution in [0.5, 0.6) is 0 Å². The molecule has 7 heteroatoms. The van der Waals surface area contributed by atoms with E-state index in [1.54, 1.807) is 29.1 Å². The maximum Gasteiger partial charge on any atom is 0.309 e. The number of thiophene rings is 1. The number of likely N-dealkylation sites (N-methyl/N-ethyl adjacent to an activating group) is 1. The minimum Gasteiger partial charge on any atom is -0.348 e. The van der Waals surface area contributed by atoms with E-state index >= 15 is 0 Å². The molecule has 106 valence electrons. The molecule has 0 spiro atoms. The molecule has 2 aromatic heterocycles. The number of rotatable bonds is 5. The lowest BCUT2D eigenvalue weighted by Gasteiger charge is -2.16. The van der Waals surface area contributed by atoms with Gasteiger partial charge in [0.25, 0.3) is 0 Å². The molecule has 0 aromatic carbocycles. The molecule has 1 atom stereocenters. The van der Waals surface area contributed by atoms with Crippen molar-refractivity contribution < 1.29 is 9.59 Å². The first-order chi connectivity index (χ1) is 9.72. The molecule has 0 saturated carbocycles. The quantitative estimate of drug-likeness (QED) is 0.800. The molecule has 2 amide bonds. The van der Waals surface area contributed by atoms with Crippen LogP contribution in [0.2, 0.25) is 0 Å². The van der Waals surface area contributed by atoms with Crippen molar-refractivity contribution in [1.82, 2.24) is 20.4 Å². The average molecular weight is 292 g/mol. The predicted molar refractivity (Wildman–Crippen MR) is 76.4 cm³/mol. The van der Waals surface area contributed by atoms with Crippen LogP contribution in [0.25, 0.3) is 0 Å². The number of nitrogens with one attached hydrogen (secondary N) is 2. The Kier molecular flexibility index (Phi) is 4.89. The molecule has 20 heavy (non-hydrogen) atoms. The average Bonchev–Trinajstić information content (AvgIpc) is 3.12. The number of carbonyl (C=O) groups is 2. The van der Waals surface area contributed by atoms with E-state index in [0.29, 0.717) is 13.1 Å². The third-order valence-corrected chi connectivity index (χ3v) is 3.69. The van der Waals surface area contributed by atoms with Crippen LogP contribution in [-0.2, 0) is 9.59 Å². The topological polar surface area (TPSA) is 76.0 Å². The lowest BCUT2D eigenvalue weighted by atomic mass is 10.2. The number of hydrogen-bond acceptors (Lipinski definition) is 4. The smallest absolute Gasteiger partial charge is 0.309 e. The summed E-state index contributed by atoms with van der Waals surface area (Å²) in [5, 5.41) is 11.3. The first-order valence-electron chi connectivity index (χ1n) is 6.31. The molecule has 2 heterocycles. The van der Waals surface area contributed by atoms with E-state index in [1.165, 1.54) is 0 Å². The van der Waals surface area contributed by atoms with Gasteiger partial charge in [-0.3, -0.25) is 14.3 Å². The zero-order chi connectivity index (χ0) is 14.4. The Bertz CT molecular complexity index is 517. The lowest BCUT2D eigenvalue weighted by molar-refractivity contribution is -0.139. The molecular formula is C13H16N4O2S. The van der Waals surface area contributed by atoms with Gasteiger partial charge in [0.2, 0.25) is 0 Å². The van der Waals surface area contributed by atoms with Crippen molar-refractivity contribution in [2.45, 2.75) is 13.0 Å². The molecule has 0 saturated heterocycles. The normalized spacial score (nSPS) is 11.8. The number of amides is 2. The minimum atomic E-state index is -0.624. The summed E-state index contributed by atoms with van der Waals surface area (Å²) in [7, 11) is 0. The van der Waals surface area contributed by atoms with Crippen LogP contribution >= 0.6 is 11.3 Å². The predicted octanol–water partition coefficient (Wildman–Crippen LogP) is 0.786. The van der Waals surface area contributed by atoms with E-state index in [2.05, 4.69) is 15.7 Å². The molecule has 0 fully saturated rings. The van der Waals surface area contributed by atoms with Gasteiger partial charge in [-0.25, -0.2) is 0 Å². The van der Waals surface area contributed by atoms with E-state index in [9.17, 15) is 9.59 Å². The summed E-state index contributed by atoms with van der Waals surface area (Å²) in [6, 6.07) is 5.65. The van der Waals surface area contributed by atoms with Gasteiger partial charge in [0.05, 0.1) is 0 Å². The first kappa shape index (κ1) is 14.3. The van der Waals surface area contributed by atoms with Gasteiger partial charge in [-0.2, -0.15) is 5.10 Å². The zero-order valence-electron chi connectivity index (χ0n) is 11.1.